The molecule has 1 aromatic heterocycles. The quantitative estimate of drug-likeness (QED) is 0.555. The van der Waals surface area contributed by atoms with E-state index in [0.717, 1.165) is 24.3 Å². The highest BCUT2D eigenvalue weighted by atomic mass is 32.2. The normalized spacial score (nSPS) is 11.0. The predicted molar refractivity (Wildman–Crippen MR) is 109 cm³/mol. The summed E-state index contributed by atoms with van der Waals surface area (Å²) in [7, 11) is -2.55. The Morgan fingerprint density at radius 1 is 0.931 bits per heavy atom. The maximum Gasteiger partial charge on any atom is 0.261 e. The third kappa shape index (κ3) is 4.61. The maximum atomic E-state index is 13.1. The smallest absolute Gasteiger partial charge is 0.261 e. The first-order valence-corrected chi connectivity index (χ1v) is 10.7. The zero-order chi connectivity index (χ0) is 21.0. The van der Waals surface area contributed by atoms with Crippen LogP contribution in [-0.4, -0.2) is 27.3 Å². The molecule has 0 aliphatic rings. The van der Waals surface area contributed by atoms with Crippen molar-refractivity contribution < 1.29 is 22.4 Å². The molecule has 0 radical (unpaired) electrons. The molecule has 0 unspecified atom stereocenters. The molecule has 3 aromatic rings. The molecule has 0 aliphatic carbocycles. The number of thiophene rings is 1. The van der Waals surface area contributed by atoms with E-state index in [1.807, 2.05) is 0 Å². The van der Waals surface area contributed by atoms with Crippen LogP contribution in [0, 0.1) is 5.82 Å². The number of nitrogens with one attached hydrogen (secondary N) is 3. The third-order valence-corrected chi connectivity index (χ3v) is 6.12. The molecule has 0 spiro atoms. The second-order valence-electron chi connectivity index (χ2n) is 5.80. The Balaban J connectivity index is 1.87. The molecule has 3 rings (SSSR count). The average Bonchev–Trinajstić information content (AvgIpc) is 3.16. The molecule has 0 saturated carbocycles. The number of hydrogen-bond acceptors (Lipinski definition) is 5. The number of anilines is 2. The average molecular weight is 433 g/mol. The lowest BCUT2D eigenvalue weighted by Gasteiger charge is -2.13. The number of halogens is 1. The first-order chi connectivity index (χ1) is 13.8. The Labute approximate surface area is 170 Å². The maximum absolute atomic E-state index is 13.1. The minimum atomic E-state index is -4.03. The minimum absolute atomic E-state index is 0.0485. The Morgan fingerprint density at radius 2 is 1.62 bits per heavy atom. The predicted octanol–water partition coefficient (Wildman–Crippen LogP) is 3.30. The lowest BCUT2D eigenvalue weighted by atomic mass is 10.1. The van der Waals surface area contributed by atoms with Crippen LogP contribution in [0.25, 0.3) is 0 Å². The molecule has 0 atom stereocenters. The van der Waals surface area contributed by atoms with Crippen LogP contribution >= 0.6 is 11.3 Å². The number of carbonyl (C=O) groups excluding carboxylic acids is 2. The second-order valence-corrected chi connectivity index (χ2v) is 8.40. The molecule has 0 fully saturated rings. The van der Waals surface area contributed by atoms with E-state index in [2.05, 4.69) is 15.4 Å². The lowest BCUT2D eigenvalue weighted by Crippen LogP contribution is -2.21. The summed E-state index contributed by atoms with van der Waals surface area (Å²) in [5.41, 5.74) is 0.414. The first-order valence-electron chi connectivity index (χ1n) is 8.30. The molecule has 2 aromatic carbocycles. The number of hydrogen-bond donors (Lipinski definition) is 3. The van der Waals surface area contributed by atoms with Crippen LogP contribution in [0.4, 0.5) is 15.1 Å². The van der Waals surface area contributed by atoms with E-state index < -0.39 is 21.7 Å². The van der Waals surface area contributed by atoms with E-state index in [9.17, 15) is 22.4 Å². The van der Waals surface area contributed by atoms with Gasteiger partial charge in [0.2, 0.25) is 0 Å². The number of amides is 2. The summed E-state index contributed by atoms with van der Waals surface area (Å²) < 4.78 is 40.6. The Bertz CT molecular complexity index is 1160. The van der Waals surface area contributed by atoms with Crippen molar-refractivity contribution in [1.82, 2.24) is 5.32 Å². The van der Waals surface area contributed by atoms with Gasteiger partial charge in [0.1, 0.15) is 10.8 Å². The standard InChI is InChI=1S/C19H16FN3O4S2/c1-21-17(24)15-10-11-28-19(15)22-18(25)14-4-2-3-5-16(14)23-29(26,27)13-8-6-12(20)7-9-13/h2-11,23H,1H3,(H,21,24)(H,22,25). The highest BCUT2D eigenvalue weighted by molar-refractivity contribution is 7.92. The number of benzene rings is 2. The van der Waals surface area contributed by atoms with Crippen molar-refractivity contribution in [1.29, 1.82) is 0 Å². The molecule has 7 nitrogen and oxygen atoms in total. The fourth-order valence-electron chi connectivity index (χ4n) is 2.48. The van der Waals surface area contributed by atoms with Crippen molar-refractivity contribution in [3.63, 3.8) is 0 Å². The van der Waals surface area contributed by atoms with Gasteiger partial charge in [0.05, 0.1) is 21.7 Å². The molecule has 29 heavy (non-hydrogen) atoms. The van der Waals surface area contributed by atoms with Gasteiger partial charge in [-0.1, -0.05) is 12.1 Å². The topological polar surface area (TPSA) is 104 Å². The van der Waals surface area contributed by atoms with Crippen LogP contribution in [0.2, 0.25) is 0 Å². The summed E-state index contributed by atoms with van der Waals surface area (Å²) in [6, 6.07) is 11.9. The van der Waals surface area contributed by atoms with Crippen molar-refractivity contribution in [2.75, 3.05) is 17.1 Å². The molecule has 1 heterocycles. The van der Waals surface area contributed by atoms with E-state index in [0.29, 0.717) is 10.6 Å². The minimum Gasteiger partial charge on any atom is -0.355 e. The molecule has 0 aliphatic heterocycles. The highest BCUT2D eigenvalue weighted by Crippen LogP contribution is 2.26. The largest absolute Gasteiger partial charge is 0.355 e. The molecule has 150 valence electrons. The van der Waals surface area contributed by atoms with Gasteiger partial charge in [-0.3, -0.25) is 14.3 Å². The van der Waals surface area contributed by atoms with Gasteiger partial charge in [-0.05, 0) is 47.8 Å². The van der Waals surface area contributed by atoms with Crippen molar-refractivity contribution in [2.24, 2.45) is 0 Å². The SMILES string of the molecule is CNC(=O)c1ccsc1NC(=O)c1ccccc1NS(=O)(=O)c1ccc(F)cc1. The molecule has 3 N–H and O–H groups in total. The van der Waals surface area contributed by atoms with E-state index in [1.54, 1.807) is 23.6 Å². The zero-order valence-corrected chi connectivity index (χ0v) is 16.7. The Morgan fingerprint density at radius 3 is 2.31 bits per heavy atom. The van der Waals surface area contributed by atoms with E-state index >= 15 is 0 Å². The zero-order valence-electron chi connectivity index (χ0n) is 15.1. The van der Waals surface area contributed by atoms with E-state index in [-0.39, 0.29) is 22.1 Å². The molecule has 2 amide bonds. The summed E-state index contributed by atoms with van der Waals surface area (Å²) >= 11 is 1.17. The van der Waals surface area contributed by atoms with E-state index in [1.165, 1.54) is 30.5 Å². The fourth-order valence-corrected chi connectivity index (χ4v) is 4.34. The molecular weight excluding hydrogens is 417 g/mol. The molecule has 0 bridgehead atoms. The summed E-state index contributed by atoms with van der Waals surface area (Å²) in [4.78, 5) is 24.5. The van der Waals surface area contributed by atoms with Crippen LogP contribution in [-0.2, 0) is 10.0 Å². The Hall–Kier alpha value is -3.24. The van der Waals surface area contributed by atoms with Gasteiger partial charge in [0, 0.05) is 7.05 Å². The summed E-state index contributed by atoms with van der Waals surface area (Å²) in [5.74, 6) is -1.51. The van der Waals surface area contributed by atoms with Gasteiger partial charge >= 0.3 is 0 Å². The second kappa shape index (κ2) is 8.41. The third-order valence-electron chi connectivity index (χ3n) is 3.90. The van der Waals surface area contributed by atoms with Crippen LogP contribution in [0.1, 0.15) is 20.7 Å². The van der Waals surface area contributed by atoms with Crippen molar-refractivity contribution in [3.05, 3.63) is 76.9 Å². The van der Waals surface area contributed by atoms with Crippen LogP contribution < -0.4 is 15.4 Å². The monoisotopic (exact) mass is 433 g/mol. The number of carbonyl (C=O) groups is 2. The Kier molecular flexibility index (Phi) is 5.95. The van der Waals surface area contributed by atoms with E-state index in [4.69, 9.17) is 0 Å². The number of para-hydroxylation sites is 1. The van der Waals surface area contributed by atoms with Crippen LogP contribution in [0.3, 0.4) is 0 Å². The highest BCUT2D eigenvalue weighted by Gasteiger charge is 2.20. The van der Waals surface area contributed by atoms with Gasteiger partial charge in [0.25, 0.3) is 21.8 Å². The van der Waals surface area contributed by atoms with Crippen molar-refractivity contribution >= 4 is 43.9 Å². The van der Waals surface area contributed by atoms with Gasteiger partial charge in [-0.15, -0.1) is 11.3 Å². The summed E-state index contributed by atoms with van der Waals surface area (Å²) in [5, 5.41) is 7.11. The van der Waals surface area contributed by atoms with Crippen molar-refractivity contribution in [2.45, 2.75) is 4.90 Å². The number of rotatable bonds is 6. The van der Waals surface area contributed by atoms with Gasteiger partial charge < -0.3 is 10.6 Å². The van der Waals surface area contributed by atoms with Crippen LogP contribution in [0.15, 0.2) is 64.9 Å². The summed E-state index contributed by atoms with van der Waals surface area (Å²) in [6.45, 7) is 0. The van der Waals surface area contributed by atoms with Gasteiger partial charge in [-0.2, -0.15) is 0 Å². The summed E-state index contributed by atoms with van der Waals surface area (Å²) in [6.07, 6.45) is 0. The first kappa shape index (κ1) is 20.5. The van der Waals surface area contributed by atoms with Gasteiger partial charge in [0.15, 0.2) is 0 Å². The number of sulfonamides is 1. The molecule has 10 heteroatoms. The fraction of sp³-hybridized carbons (Fsp3) is 0.0526. The van der Waals surface area contributed by atoms with Crippen LogP contribution in [0.5, 0.6) is 0 Å². The molecule has 0 saturated heterocycles. The lowest BCUT2D eigenvalue weighted by molar-refractivity contribution is 0.0964. The molecular formula is C19H16FN3O4S2. The van der Waals surface area contributed by atoms with Crippen molar-refractivity contribution in [3.8, 4) is 0 Å². The van der Waals surface area contributed by atoms with Gasteiger partial charge in [-0.25, -0.2) is 12.8 Å².